The molecule has 2 heteroatoms. The smallest absolute Gasteiger partial charge is 0.106 e. The standard InChI is InChI=1S/C8H16O2/c1-3-5-8(10,7-9)6-4-2/h3,5,9-10H,4,6-7H2,1-2H3. The van der Waals surface area contributed by atoms with E-state index in [4.69, 9.17) is 5.11 Å². The molecule has 0 fully saturated rings. The van der Waals surface area contributed by atoms with Gasteiger partial charge in [-0.3, -0.25) is 0 Å². The maximum atomic E-state index is 9.48. The third-order valence-corrected chi connectivity index (χ3v) is 1.43. The molecular weight excluding hydrogens is 128 g/mol. The number of rotatable bonds is 4. The summed E-state index contributed by atoms with van der Waals surface area (Å²) in [5.74, 6) is 0. The molecule has 1 atom stereocenters. The molecule has 0 amide bonds. The van der Waals surface area contributed by atoms with Crippen LogP contribution in [0.2, 0.25) is 0 Å². The first-order valence-corrected chi connectivity index (χ1v) is 3.65. The van der Waals surface area contributed by atoms with Crippen molar-refractivity contribution in [2.45, 2.75) is 32.3 Å². The molecule has 2 nitrogen and oxygen atoms in total. The van der Waals surface area contributed by atoms with Gasteiger partial charge >= 0.3 is 0 Å². The van der Waals surface area contributed by atoms with Crippen LogP contribution >= 0.6 is 0 Å². The highest BCUT2D eigenvalue weighted by atomic mass is 16.3. The molecule has 0 rings (SSSR count). The minimum atomic E-state index is -0.983. The molecule has 1 unspecified atom stereocenters. The Morgan fingerprint density at radius 1 is 1.50 bits per heavy atom. The summed E-state index contributed by atoms with van der Waals surface area (Å²) in [6.45, 7) is 3.62. The molecule has 0 bridgehead atoms. The topological polar surface area (TPSA) is 40.5 Å². The molecular formula is C8H16O2. The number of hydrogen-bond acceptors (Lipinski definition) is 2. The largest absolute Gasteiger partial charge is 0.393 e. The minimum Gasteiger partial charge on any atom is -0.393 e. The Morgan fingerprint density at radius 2 is 2.10 bits per heavy atom. The molecule has 0 aromatic heterocycles. The predicted octanol–water partition coefficient (Wildman–Crippen LogP) is 1.09. The maximum Gasteiger partial charge on any atom is 0.106 e. The van der Waals surface area contributed by atoms with Gasteiger partial charge in [-0.1, -0.05) is 25.5 Å². The minimum absolute atomic E-state index is 0.189. The lowest BCUT2D eigenvalue weighted by atomic mass is 9.99. The molecule has 0 saturated carbocycles. The molecule has 0 radical (unpaired) electrons. The Morgan fingerprint density at radius 3 is 2.40 bits per heavy atom. The Bertz CT molecular complexity index is 110. The second-order valence-corrected chi connectivity index (χ2v) is 2.51. The van der Waals surface area contributed by atoms with E-state index in [-0.39, 0.29) is 6.61 Å². The van der Waals surface area contributed by atoms with E-state index in [9.17, 15) is 5.11 Å². The van der Waals surface area contributed by atoms with Gasteiger partial charge in [-0.15, -0.1) is 0 Å². The second kappa shape index (κ2) is 4.47. The molecule has 0 spiro atoms. The van der Waals surface area contributed by atoms with Crippen LogP contribution in [-0.4, -0.2) is 22.4 Å². The van der Waals surface area contributed by atoms with Crippen molar-refractivity contribution in [1.29, 1.82) is 0 Å². The van der Waals surface area contributed by atoms with Crippen molar-refractivity contribution in [2.24, 2.45) is 0 Å². The summed E-state index contributed by atoms with van der Waals surface area (Å²) in [6, 6.07) is 0. The van der Waals surface area contributed by atoms with Crippen LogP contribution in [0.3, 0.4) is 0 Å². The normalized spacial score (nSPS) is 17.6. The van der Waals surface area contributed by atoms with Gasteiger partial charge in [0.2, 0.25) is 0 Å². The van der Waals surface area contributed by atoms with E-state index >= 15 is 0 Å². The number of hydrogen-bond donors (Lipinski definition) is 2. The highest BCUT2D eigenvalue weighted by Crippen LogP contribution is 2.13. The molecule has 2 N–H and O–H groups in total. The maximum absolute atomic E-state index is 9.48. The van der Waals surface area contributed by atoms with Crippen molar-refractivity contribution in [1.82, 2.24) is 0 Å². The summed E-state index contributed by atoms with van der Waals surface area (Å²) >= 11 is 0. The molecule has 0 aliphatic heterocycles. The molecule has 0 heterocycles. The van der Waals surface area contributed by atoms with Gasteiger partial charge in [0.15, 0.2) is 0 Å². The molecule has 0 aliphatic carbocycles. The zero-order valence-corrected chi connectivity index (χ0v) is 6.67. The number of allylic oxidation sites excluding steroid dienone is 1. The lowest BCUT2D eigenvalue weighted by molar-refractivity contribution is 0.0197. The first-order chi connectivity index (χ1) is 4.68. The van der Waals surface area contributed by atoms with Crippen molar-refractivity contribution in [3.05, 3.63) is 12.2 Å². The third-order valence-electron chi connectivity index (χ3n) is 1.43. The zero-order chi connectivity index (χ0) is 8.04. The van der Waals surface area contributed by atoms with Gasteiger partial charge in [-0.05, 0) is 13.3 Å². The van der Waals surface area contributed by atoms with E-state index in [1.807, 2.05) is 13.8 Å². The van der Waals surface area contributed by atoms with Crippen LogP contribution in [0.5, 0.6) is 0 Å². The van der Waals surface area contributed by atoms with Crippen molar-refractivity contribution < 1.29 is 10.2 Å². The number of aliphatic hydroxyl groups excluding tert-OH is 1. The van der Waals surface area contributed by atoms with E-state index in [0.717, 1.165) is 6.42 Å². The van der Waals surface area contributed by atoms with Gasteiger partial charge in [-0.2, -0.15) is 0 Å². The molecule has 0 aromatic rings. The van der Waals surface area contributed by atoms with Gasteiger partial charge < -0.3 is 10.2 Å². The SMILES string of the molecule is CC=CC(O)(CO)CCC. The quantitative estimate of drug-likeness (QED) is 0.580. The summed E-state index contributed by atoms with van der Waals surface area (Å²) < 4.78 is 0. The van der Waals surface area contributed by atoms with E-state index < -0.39 is 5.60 Å². The fourth-order valence-electron chi connectivity index (χ4n) is 0.958. The van der Waals surface area contributed by atoms with Crippen LogP contribution in [0.4, 0.5) is 0 Å². The van der Waals surface area contributed by atoms with E-state index in [1.165, 1.54) is 0 Å². The van der Waals surface area contributed by atoms with Crippen molar-refractivity contribution in [3.8, 4) is 0 Å². The average Bonchev–Trinajstić information content (AvgIpc) is 1.89. The monoisotopic (exact) mass is 144 g/mol. The van der Waals surface area contributed by atoms with Crippen LogP contribution < -0.4 is 0 Å². The lowest BCUT2D eigenvalue weighted by Gasteiger charge is -2.20. The van der Waals surface area contributed by atoms with Crippen LogP contribution in [0.25, 0.3) is 0 Å². The third kappa shape index (κ3) is 2.99. The molecule has 0 saturated heterocycles. The summed E-state index contributed by atoms with van der Waals surface area (Å²) in [5, 5.41) is 18.2. The molecule has 10 heavy (non-hydrogen) atoms. The van der Waals surface area contributed by atoms with Gasteiger partial charge in [0.1, 0.15) is 5.60 Å². The lowest BCUT2D eigenvalue weighted by Crippen LogP contribution is -2.30. The number of aliphatic hydroxyl groups is 2. The molecule has 0 aromatic carbocycles. The fraction of sp³-hybridized carbons (Fsp3) is 0.750. The summed E-state index contributed by atoms with van der Waals surface area (Å²) in [7, 11) is 0. The highest BCUT2D eigenvalue weighted by Gasteiger charge is 2.19. The van der Waals surface area contributed by atoms with Gasteiger partial charge in [0.25, 0.3) is 0 Å². The molecule has 60 valence electrons. The van der Waals surface area contributed by atoms with Crippen molar-refractivity contribution in [2.75, 3.05) is 6.61 Å². The predicted molar refractivity (Wildman–Crippen MR) is 41.8 cm³/mol. The molecule has 0 aliphatic rings. The summed E-state index contributed by atoms with van der Waals surface area (Å²) in [5.41, 5.74) is -0.983. The Labute approximate surface area is 62.2 Å². The average molecular weight is 144 g/mol. The summed E-state index contributed by atoms with van der Waals surface area (Å²) in [4.78, 5) is 0. The van der Waals surface area contributed by atoms with Gasteiger partial charge in [0.05, 0.1) is 6.61 Å². The Balaban J connectivity index is 3.94. The van der Waals surface area contributed by atoms with Crippen molar-refractivity contribution in [3.63, 3.8) is 0 Å². The Hall–Kier alpha value is -0.340. The Kier molecular flexibility index (Phi) is 4.32. The highest BCUT2D eigenvalue weighted by molar-refractivity contribution is 4.98. The van der Waals surface area contributed by atoms with E-state index in [1.54, 1.807) is 12.2 Å². The van der Waals surface area contributed by atoms with Gasteiger partial charge in [0, 0.05) is 0 Å². The van der Waals surface area contributed by atoms with Crippen LogP contribution in [0, 0.1) is 0 Å². The van der Waals surface area contributed by atoms with Crippen LogP contribution in [0.1, 0.15) is 26.7 Å². The first-order valence-electron chi connectivity index (χ1n) is 3.65. The van der Waals surface area contributed by atoms with Gasteiger partial charge in [-0.25, -0.2) is 0 Å². The van der Waals surface area contributed by atoms with Crippen molar-refractivity contribution >= 4 is 0 Å². The van der Waals surface area contributed by atoms with E-state index in [2.05, 4.69) is 0 Å². The van der Waals surface area contributed by atoms with E-state index in [0.29, 0.717) is 6.42 Å². The fourth-order valence-corrected chi connectivity index (χ4v) is 0.958. The second-order valence-electron chi connectivity index (χ2n) is 2.51. The van der Waals surface area contributed by atoms with Crippen LogP contribution in [0.15, 0.2) is 12.2 Å². The van der Waals surface area contributed by atoms with Crippen LogP contribution in [-0.2, 0) is 0 Å². The first kappa shape index (κ1) is 9.66. The summed E-state index contributed by atoms with van der Waals surface area (Å²) in [6.07, 6.45) is 4.89. The zero-order valence-electron chi connectivity index (χ0n) is 6.67.